The van der Waals surface area contributed by atoms with E-state index in [1.165, 1.54) is 17.3 Å². The van der Waals surface area contributed by atoms with Crippen LogP contribution in [0.3, 0.4) is 0 Å². The second kappa shape index (κ2) is 6.00. The van der Waals surface area contributed by atoms with Crippen LogP contribution in [0, 0.1) is 0 Å². The molecule has 6 nitrogen and oxygen atoms in total. The van der Waals surface area contributed by atoms with Crippen molar-refractivity contribution < 1.29 is 4.79 Å². The molecule has 0 aromatic carbocycles. The Morgan fingerprint density at radius 1 is 1.52 bits per heavy atom. The van der Waals surface area contributed by atoms with Gasteiger partial charge in [-0.05, 0) is 18.4 Å². The van der Waals surface area contributed by atoms with Gasteiger partial charge in [-0.1, -0.05) is 6.07 Å². The van der Waals surface area contributed by atoms with Crippen LogP contribution in [0.1, 0.15) is 22.2 Å². The van der Waals surface area contributed by atoms with Gasteiger partial charge < -0.3 is 9.88 Å². The van der Waals surface area contributed by atoms with Crippen LogP contribution >= 0.6 is 11.3 Å². The van der Waals surface area contributed by atoms with E-state index in [-0.39, 0.29) is 22.9 Å². The number of H-pyrrole nitrogens is 1. The molecule has 3 heterocycles. The molecule has 0 saturated carbocycles. The molecule has 0 fully saturated rings. The SMILES string of the molecule is C[C@H](Cc1cccs1)N(C)C(=O)c1c[nH]c2c(cnn2C)c1=O. The maximum Gasteiger partial charge on any atom is 0.259 e. The highest BCUT2D eigenvalue weighted by Crippen LogP contribution is 2.15. The third kappa shape index (κ3) is 2.79. The molecule has 0 radical (unpaired) electrons. The lowest BCUT2D eigenvalue weighted by Gasteiger charge is -2.24. The summed E-state index contributed by atoms with van der Waals surface area (Å²) in [5.74, 6) is -0.277. The van der Waals surface area contributed by atoms with Crippen LogP contribution in [0.25, 0.3) is 11.0 Å². The van der Waals surface area contributed by atoms with E-state index < -0.39 is 0 Å². The van der Waals surface area contributed by atoms with E-state index in [0.29, 0.717) is 11.0 Å². The zero-order chi connectivity index (χ0) is 16.6. The fraction of sp³-hybridized carbons (Fsp3) is 0.312. The number of thiophene rings is 1. The minimum atomic E-state index is -0.285. The van der Waals surface area contributed by atoms with Gasteiger partial charge in [0.1, 0.15) is 11.2 Å². The van der Waals surface area contributed by atoms with Crippen molar-refractivity contribution in [3.8, 4) is 0 Å². The predicted molar refractivity (Wildman–Crippen MR) is 90.9 cm³/mol. The van der Waals surface area contributed by atoms with Crippen molar-refractivity contribution in [1.82, 2.24) is 19.7 Å². The van der Waals surface area contributed by atoms with Crippen LogP contribution in [0.5, 0.6) is 0 Å². The van der Waals surface area contributed by atoms with Gasteiger partial charge in [0, 0.05) is 37.6 Å². The molecule has 0 aliphatic carbocycles. The molecule has 1 amide bonds. The van der Waals surface area contributed by atoms with Crippen LogP contribution in [0.2, 0.25) is 0 Å². The molecule has 1 N–H and O–H groups in total. The van der Waals surface area contributed by atoms with Gasteiger partial charge in [-0.3, -0.25) is 14.3 Å². The maximum absolute atomic E-state index is 12.7. The molecule has 0 aliphatic rings. The lowest BCUT2D eigenvalue weighted by atomic mass is 10.1. The molecule has 0 spiro atoms. The summed E-state index contributed by atoms with van der Waals surface area (Å²) in [6, 6.07) is 4.05. The third-order valence-corrected chi connectivity index (χ3v) is 4.97. The molecule has 3 rings (SSSR count). The molecule has 23 heavy (non-hydrogen) atoms. The summed E-state index contributed by atoms with van der Waals surface area (Å²) in [6.45, 7) is 1.98. The summed E-state index contributed by atoms with van der Waals surface area (Å²) in [6.07, 6.45) is 3.73. The van der Waals surface area contributed by atoms with E-state index in [1.54, 1.807) is 35.0 Å². The molecular formula is C16H18N4O2S. The van der Waals surface area contributed by atoms with Crippen molar-refractivity contribution in [3.63, 3.8) is 0 Å². The normalized spacial score (nSPS) is 12.5. The van der Waals surface area contributed by atoms with Crippen molar-refractivity contribution >= 4 is 28.3 Å². The quantitative estimate of drug-likeness (QED) is 0.795. The van der Waals surface area contributed by atoms with Crippen LogP contribution in [0.15, 0.2) is 34.7 Å². The standard InChI is InChI=1S/C16H18N4O2S/c1-10(7-11-5-4-6-23-11)19(2)16(22)13-8-17-15-12(14(13)21)9-18-20(15)3/h4-6,8-10H,7H2,1-3H3,(H,17,21)/t10-/m1/s1. The average Bonchev–Trinajstić information content (AvgIpc) is 3.17. The fourth-order valence-electron chi connectivity index (χ4n) is 2.53. The van der Waals surface area contributed by atoms with Gasteiger partial charge >= 0.3 is 0 Å². The molecule has 0 aliphatic heterocycles. The molecule has 0 saturated heterocycles. The molecule has 3 aromatic heterocycles. The molecule has 1 atom stereocenters. The van der Waals surface area contributed by atoms with Crippen LogP contribution in [-0.4, -0.2) is 38.7 Å². The van der Waals surface area contributed by atoms with Crippen molar-refractivity contribution in [3.05, 3.63) is 50.6 Å². The first-order chi connectivity index (χ1) is 11.0. The number of hydrogen-bond donors (Lipinski definition) is 1. The van der Waals surface area contributed by atoms with Gasteiger partial charge in [0.2, 0.25) is 5.43 Å². The van der Waals surface area contributed by atoms with Crippen LogP contribution in [-0.2, 0) is 13.5 Å². The Labute approximate surface area is 137 Å². The Morgan fingerprint density at radius 2 is 2.30 bits per heavy atom. The molecule has 0 unspecified atom stereocenters. The average molecular weight is 330 g/mol. The van der Waals surface area contributed by atoms with E-state index in [0.717, 1.165) is 6.42 Å². The summed E-state index contributed by atoms with van der Waals surface area (Å²) < 4.78 is 1.58. The molecule has 0 bridgehead atoms. The van der Waals surface area contributed by atoms with Crippen molar-refractivity contribution in [1.29, 1.82) is 0 Å². The number of nitrogens with zero attached hydrogens (tertiary/aromatic N) is 3. The molecular weight excluding hydrogens is 312 g/mol. The van der Waals surface area contributed by atoms with Gasteiger partial charge in [0.25, 0.3) is 5.91 Å². The third-order valence-electron chi connectivity index (χ3n) is 4.07. The topological polar surface area (TPSA) is 71.0 Å². The zero-order valence-corrected chi connectivity index (χ0v) is 14.1. The number of likely N-dealkylation sites (N-methyl/N-ethyl adjacent to an activating group) is 1. The van der Waals surface area contributed by atoms with Gasteiger partial charge in [-0.25, -0.2) is 0 Å². The number of carbonyl (C=O) groups is 1. The van der Waals surface area contributed by atoms with E-state index in [1.807, 2.05) is 24.4 Å². The van der Waals surface area contributed by atoms with Gasteiger partial charge in [-0.15, -0.1) is 11.3 Å². The fourth-order valence-corrected chi connectivity index (χ4v) is 3.36. The molecule has 7 heteroatoms. The second-order valence-corrected chi connectivity index (χ2v) is 6.64. The minimum absolute atomic E-state index is 0.00476. The number of carbonyl (C=O) groups excluding carboxylic acids is 1. The van der Waals surface area contributed by atoms with Gasteiger partial charge in [-0.2, -0.15) is 5.10 Å². The number of fused-ring (bicyclic) bond motifs is 1. The number of nitrogens with one attached hydrogen (secondary N) is 1. The number of amides is 1. The van der Waals surface area contributed by atoms with E-state index in [2.05, 4.69) is 10.1 Å². The lowest BCUT2D eigenvalue weighted by Crippen LogP contribution is -2.38. The van der Waals surface area contributed by atoms with Gasteiger partial charge in [0.15, 0.2) is 0 Å². The Bertz CT molecular complexity index is 895. The largest absolute Gasteiger partial charge is 0.345 e. The Balaban J connectivity index is 1.87. The highest BCUT2D eigenvalue weighted by Gasteiger charge is 2.22. The number of aromatic nitrogens is 3. The summed E-state index contributed by atoms with van der Waals surface area (Å²) in [5, 5.41) is 6.50. The number of rotatable bonds is 4. The number of hydrogen-bond acceptors (Lipinski definition) is 4. The van der Waals surface area contributed by atoms with Crippen LogP contribution in [0.4, 0.5) is 0 Å². The van der Waals surface area contributed by atoms with E-state index in [9.17, 15) is 9.59 Å². The highest BCUT2D eigenvalue weighted by molar-refractivity contribution is 7.09. The zero-order valence-electron chi connectivity index (χ0n) is 13.2. The molecule has 3 aromatic rings. The maximum atomic E-state index is 12.7. The first-order valence-electron chi connectivity index (χ1n) is 7.32. The van der Waals surface area contributed by atoms with Crippen molar-refractivity contribution in [2.45, 2.75) is 19.4 Å². The Morgan fingerprint density at radius 3 is 3.00 bits per heavy atom. The number of aromatic amines is 1. The lowest BCUT2D eigenvalue weighted by molar-refractivity contribution is 0.0742. The smallest absolute Gasteiger partial charge is 0.259 e. The van der Waals surface area contributed by atoms with Crippen LogP contribution < -0.4 is 5.43 Å². The Kier molecular flexibility index (Phi) is 4.04. The van der Waals surface area contributed by atoms with Gasteiger partial charge in [0.05, 0.1) is 11.6 Å². The summed E-state index contributed by atoms with van der Waals surface area (Å²) in [4.78, 5) is 31.0. The van der Waals surface area contributed by atoms with E-state index in [4.69, 9.17) is 0 Å². The first kappa shape index (κ1) is 15.5. The number of pyridine rings is 1. The molecule has 120 valence electrons. The van der Waals surface area contributed by atoms with Crippen molar-refractivity contribution in [2.75, 3.05) is 7.05 Å². The summed E-state index contributed by atoms with van der Waals surface area (Å²) >= 11 is 1.67. The minimum Gasteiger partial charge on any atom is -0.345 e. The first-order valence-corrected chi connectivity index (χ1v) is 8.20. The number of aryl methyl sites for hydroxylation is 1. The van der Waals surface area contributed by atoms with E-state index >= 15 is 0 Å². The van der Waals surface area contributed by atoms with Crippen molar-refractivity contribution in [2.24, 2.45) is 7.05 Å². The monoisotopic (exact) mass is 330 g/mol. The highest BCUT2D eigenvalue weighted by atomic mass is 32.1. The predicted octanol–water partition coefficient (Wildman–Crippen LogP) is 2.03. The Hall–Kier alpha value is -2.41. The summed E-state index contributed by atoms with van der Waals surface area (Å²) in [7, 11) is 3.47. The summed E-state index contributed by atoms with van der Waals surface area (Å²) in [5.41, 5.74) is 0.471. The second-order valence-electron chi connectivity index (χ2n) is 5.61.